The molecule has 37 heavy (non-hydrogen) atoms. The molecule has 1 atom stereocenters. The quantitative estimate of drug-likeness (QED) is 0.268. The predicted octanol–water partition coefficient (Wildman–Crippen LogP) is 6.89. The summed E-state index contributed by atoms with van der Waals surface area (Å²) in [5.74, 6) is 1.44. The molecule has 4 rings (SSSR count). The first-order valence-electron chi connectivity index (χ1n) is 13.9. The van der Waals surface area contributed by atoms with E-state index in [2.05, 4.69) is 75.2 Å². The number of hydrogen-bond donors (Lipinski definition) is 0. The van der Waals surface area contributed by atoms with E-state index in [-0.39, 0.29) is 6.10 Å². The van der Waals surface area contributed by atoms with Crippen LogP contribution in [0.25, 0.3) is 11.4 Å². The van der Waals surface area contributed by atoms with Crippen molar-refractivity contribution >= 4 is 0 Å². The Hall–Kier alpha value is -2.76. The monoisotopic (exact) mass is 501 g/mol. The van der Waals surface area contributed by atoms with Gasteiger partial charge in [-0.2, -0.15) is 4.98 Å². The highest BCUT2D eigenvalue weighted by atomic mass is 16.5. The molecule has 0 N–H and O–H groups in total. The summed E-state index contributed by atoms with van der Waals surface area (Å²) in [7, 11) is 2.22. The summed E-state index contributed by atoms with van der Waals surface area (Å²) >= 11 is 0. The van der Waals surface area contributed by atoms with E-state index in [4.69, 9.17) is 19.4 Å². The minimum atomic E-state index is 0.173. The van der Waals surface area contributed by atoms with Crippen LogP contribution in [-0.4, -0.2) is 41.2 Å². The maximum absolute atomic E-state index is 6.33. The van der Waals surface area contributed by atoms with Crippen LogP contribution in [0.4, 0.5) is 0 Å². The summed E-state index contributed by atoms with van der Waals surface area (Å²) in [6.07, 6.45) is 5.59. The zero-order valence-corrected chi connectivity index (χ0v) is 23.5. The first-order valence-corrected chi connectivity index (χ1v) is 13.9. The molecule has 3 aromatic rings. The Labute approximate surface area is 223 Å². The third-order valence-electron chi connectivity index (χ3n) is 7.45. The Morgan fingerprint density at radius 3 is 2.41 bits per heavy atom. The number of hydrogen-bond acceptors (Lipinski definition) is 5. The number of aromatic nitrogens is 2. The van der Waals surface area contributed by atoms with E-state index >= 15 is 0 Å². The molecule has 0 aliphatic heterocycles. The summed E-state index contributed by atoms with van der Waals surface area (Å²) in [6.45, 7) is 12.3. The zero-order valence-electron chi connectivity index (χ0n) is 23.5. The highest BCUT2D eigenvalue weighted by Gasteiger charge is 2.26. The van der Waals surface area contributed by atoms with Gasteiger partial charge in [0.15, 0.2) is 5.82 Å². The van der Waals surface area contributed by atoms with Gasteiger partial charge in [0.25, 0.3) is 0 Å². The molecule has 0 bridgehead atoms. The lowest BCUT2D eigenvalue weighted by atomic mass is 9.87. The van der Waals surface area contributed by atoms with Crippen molar-refractivity contribution in [3.05, 3.63) is 76.0 Å². The molecule has 0 spiro atoms. The molecular formula is C32H43N3O2. The molecule has 0 saturated carbocycles. The van der Waals surface area contributed by atoms with Crippen LogP contribution in [0.3, 0.4) is 0 Å². The van der Waals surface area contributed by atoms with Crippen molar-refractivity contribution in [1.29, 1.82) is 0 Å². The molecule has 0 radical (unpaired) electrons. The second-order valence-electron chi connectivity index (χ2n) is 10.4. The van der Waals surface area contributed by atoms with Gasteiger partial charge in [-0.1, -0.05) is 56.3 Å². The van der Waals surface area contributed by atoms with Gasteiger partial charge in [-0.05, 0) is 82.2 Å². The molecule has 0 unspecified atom stereocenters. The fourth-order valence-corrected chi connectivity index (χ4v) is 5.48. The maximum atomic E-state index is 6.33. The van der Waals surface area contributed by atoms with Gasteiger partial charge >= 0.3 is 0 Å². The summed E-state index contributed by atoms with van der Waals surface area (Å²) < 4.78 is 12.1. The van der Waals surface area contributed by atoms with E-state index in [1.165, 1.54) is 28.7 Å². The van der Waals surface area contributed by atoms with Crippen LogP contribution in [0.2, 0.25) is 0 Å². The molecule has 5 heteroatoms. The van der Waals surface area contributed by atoms with Crippen molar-refractivity contribution in [2.75, 3.05) is 20.3 Å². The summed E-state index contributed by atoms with van der Waals surface area (Å²) in [5, 5.41) is 0. The van der Waals surface area contributed by atoms with E-state index in [9.17, 15) is 0 Å². The third kappa shape index (κ3) is 6.39. The van der Waals surface area contributed by atoms with Gasteiger partial charge in [0.05, 0.1) is 12.7 Å². The highest BCUT2D eigenvalue weighted by Crippen LogP contribution is 2.36. The molecule has 2 aromatic carbocycles. The van der Waals surface area contributed by atoms with Crippen molar-refractivity contribution in [2.45, 2.75) is 85.4 Å². The summed E-state index contributed by atoms with van der Waals surface area (Å²) in [4.78, 5) is 12.6. The van der Waals surface area contributed by atoms with Crippen molar-refractivity contribution in [1.82, 2.24) is 14.9 Å². The van der Waals surface area contributed by atoms with E-state index in [0.717, 1.165) is 54.9 Å². The van der Waals surface area contributed by atoms with Gasteiger partial charge in [0.1, 0.15) is 6.61 Å². The maximum Gasteiger partial charge on any atom is 0.221 e. The first kappa shape index (κ1) is 27.3. The van der Waals surface area contributed by atoms with Gasteiger partial charge in [-0.25, -0.2) is 4.98 Å². The first-order chi connectivity index (χ1) is 17.9. The van der Waals surface area contributed by atoms with E-state index in [0.29, 0.717) is 25.1 Å². The lowest BCUT2D eigenvalue weighted by molar-refractivity contribution is 0.0537. The lowest BCUT2D eigenvalue weighted by Crippen LogP contribution is -2.28. The standard InChI is InChI=1S/C32H43N3O2/c1-7-24-14-11-15-25(8-2)30(24)31-33-23(5)28(32(34-31)37-20-19-36-22(3)4)21-35(6)29-18-12-16-26-13-9-10-17-27(26)29/h9-11,13-15,17,22,29H,7-8,12,16,18-21H2,1-6H3/t29-/m0/s1. The van der Waals surface area contributed by atoms with Crippen molar-refractivity contribution in [2.24, 2.45) is 0 Å². The normalized spacial score (nSPS) is 15.3. The molecule has 1 aliphatic rings. The Balaban J connectivity index is 1.69. The second-order valence-corrected chi connectivity index (χ2v) is 10.4. The number of fused-ring (bicyclic) bond motifs is 1. The lowest BCUT2D eigenvalue weighted by Gasteiger charge is -2.33. The average molecular weight is 502 g/mol. The fourth-order valence-electron chi connectivity index (χ4n) is 5.48. The third-order valence-corrected chi connectivity index (χ3v) is 7.45. The number of ether oxygens (including phenoxy) is 2. The molecule has 1 aliphatic carbocycles. The zero-order chi connectivity index (χ0) is 26.4. The van der Waals surface area contributed by atoms with Crippen LogP contribution in [-0.2, 0) is 30.5 Å². The van der Waals surface area contributed by atoms with Crippen molar-refractivity contribution in [3.8, 4) is 17.3 Å². The van der Waals surface area contributed by atoms with Crippen LogP contribution in [0.1, 0.15) is 80.1 Å². The Bertz CT molecular complexity index is 1170. The van der Waals surface area contributed by atoms with Gasteiger partial charge in [-0.15, -0.1) is 0 Å². The minimum absolute atomic E-state index is 0.173. The SMILES string of the molecule is CCc1cccc(CC)c1-c1nc(C)c(CN(C)[C@H]2CCCc3ccccc32)c(OCCOC(C)C)n1. The van der Waals surface area contributed by atoms with Crippen LogP contribution in [0.15, 0.2) is 42.5 Å². The smallest absolute Gasteiger partial charge is 0.221 e. The average Bonchev–Trinajstić information content (AvgIpc) is 2.91. The number of benzene rings is 2. The Kier molecular flexibility index (Phi) is 9.33. The van der Waals surface area contributed by atoms with Crippen LogP contribution in [0, 0.1) is 6.92 Å². The molecule has 198 valence electrons. The number of nitrogens with zero attached hydrogens (tertiary/aromatic N) is 3. The van der Waals surface area contributed by atoms with Gasteiger partial charge in [0, 0.05) is 29.4 Å². The minimum Gasteiger partial charge on any atom is -0.475 e. The van der Waals surface area contributed by atoms with Gasteiger partial charge in [-0.3, -0.25) is 4.90 Å². The molecular weight excluding hydrogens is 458 g/mol. The topological polar surface area (TPSA) is 47.5 Å². The van der Waals surface area contributed by atoms with Crippen LogP contribution < -0.4 is 4.74 Å². The molecule has 0 fully saturated rings. The van der Waals surface area contributed by atoms with Gasteiger partial charge in [0.2, 0.25) is 5.88 Å². The highest BCUT2D eigenvalue weighted by molar-refractivity contribution is 5.66. The molecule has 1 aromatic heterocycles. The summed E-state index contributed by atoms with van der Waals surface area (Å²) in [6, 6.07) is 15.8. The fraction of sp³-hybridized carbons (Fsp3) is 0.500. The van der Waals surface area contributed by atoms with E-state index < -0.39 is 0 Å². The van der Waals surface area contributed by atoms with Crippen LogP contribution in [0.5, 0.6) is 5.88 Å². The molecule has 0 saturated heterocycles. The van der Waals surface area contributed by atoms with Gasteiger partial charge < -0.3 is 9.47 Å². The number of rotatable bonds is 11. The molecule has 5 nitrogen and oxygen atoms in total. The van der Waals surface area contributed by atoms with E-state index in [1.807, 2.05) is 13.8 Å². The predicted molar refractivity (Wildman–Crippen MR) is 151 cm³/mol. The Morgan fingerprint density at radius 1 is 0.973 bits per heavy atom. The largest absolute Gasteiger partial charge is 0.475 e. The number of aryl methyl sites for hydroxylation is 4. The van der Waals surface area contributed by atoms with Crippen molar-refractivity contribution < 1.29 is 9.47 Å². The van der Waals surface area contributed by atoms with Crippen LogP contribution >= 0.6 is 0 Å². The second kappa shape index (κ2) is 12.7. The Morgan fingerprint density at radius 2 is 1.70 bits per heavy atom. The van der Waals surface area contributed by atoms with E-state index in [1.54, 1.807) is 0 Å². The molecule has 1 heterocycles. The molecule has 0 amide bonds. The van der Waals surface area contributed by atoms with Crippen molar-refractivity contribution in [3.63, 3.8) is 0 Å². The summed E-state index contributed by atoms with van der Waals surface area (Å²) in [5.41, 5.74) is 8.66.